The molecule has 2 heterocycles. The van der Waals surface area contributed by atoms with Crippen molar-refractivity contribution in [3.05, 3.63) is 17.5 Å². The summed E-state index contributed by atoms with van der Waals surface area (Å²) < 4.78 is 4.94. The van der Waals surface area contributed by atoms with Crippen LogP contribution in [0, 0.1) is 5.92 Å². The lowest BCUT2D eigenvalue weighted by Crippen LogP contribution is -2.38. The third-order valence-electron chi connectivity index (χ3n) is 3.15. The van der Waals surface area contributed by atoms with Crippen LogP contribution in [-0.4, -0.2) is 40.1 Å². The summed E-state index contributed by atoms with van der Waals surface area (Å²) in [5, 5.41) is 12.2. The van der Waals surface area contributed by atoms with E-state index < -0.39 is 5.97 Å². The normalized spacial score (nSPS) is 17.8. The number of primary amides is 1. The maximum atomic E-state index is 11.0. The molecule has 18 heavy (non-hydrogen) atoms. The molecule has 2 rings (SSSR count). The second-order valence-corrected chi connectivity index (χ2v) is 4.44. The number of carboxylic acid groups (broad SMARTS) is 1. The molecule has 0 radical (unpaired) electrons. The molecule has 0 aromatic carbocycles. The van der Waals surface area contributed by atoms with Crippen LogP contribution in [0.4, 0.5) is 0 Å². The molecule has 7 nitrogen and oxygen atoms in total. The summed E-state index contributed by atoms with van der Waals surface area (Å²) >= 11 is 0. The summed E-state index contributed by atoms with van der Waals surface area (Å²) in [5.41, 5.74) is 5.16. The van der Waals surface area contributed by atoms with Crippen LogP contribution >= 0.6 is 0 Å². The van der Waals surface area contributed by atoms with Crippen LogP contribution in [0.3, 0.4) is 0 Å². The van der Waals surface area contributed by atoms with Gasteiger partial charge in [0.1, 0.15) is 0 Å². The predicted molar refractivity (Wildman–Crippen MR) is 60.7 cm³/mol. The van der Waals surface area contributed by atoms with E-state index in [-0.39, 0.29) is 17.5 Å². The quantitative estimate of drug-likeness (QED) is 0.785. The molecule has 1 amide bonds. The highest BCUT2D eigenvalue weighted by atomic mass is 16.5. The van der Waals surface area contributed by atoms with Crippen molar-refractivity contribution >= 4 is 11.9 Å². The van der Waals surface area contributed by atoms with E-state index in [2.05, 4.69) is 10.1 Å². The van der Waals surface area contributed by atoms with Gasteiger partial charge in [-0.2, -0.15) is 0 Å². The molecule has 0 aliphatic carbocycles. The zero-order valence-corrected chi connectivity index (χ0v) is 9.83. The van der Waals surface area contributed by atoms with Crippen LogP contribution in [0.2, 0.25) is 0 Å². The largest absolute Gasteiger partial charge is 0.476 e. The number of nitrogens with two attached hydrogens (primary N) is 1. The number of hydrogen-bond donors (Lipinski definition) is 2. The zero-order valence-electron chi connectivity index (χ0n) is 9.83. The number of carbonyl (C=O) groups excluding carboxylic acids is 1. The Morgan fingerprint density at radius 3 is 2.67 bits per heavy atom. The Labute approximate surface area is 104 Å². The molecule has 1 aliphatic rings. The number of likely N-dealkylation sites (tertiary alicyclic amines) is 1. The lowest BCUT2D eigenvalue weighted by Gasteiger charge is -2.29. The van der Waals surface area contributed by atoms with Crippen LogP contribution in [0.1, 0.15) is 29.1 Å². The fraction of sp³-hybridized carbons (Fsp3) is 0.545. The molecule has 98 valence electrons. The SMILES string of the molecule is NC(=O)C1CCN(Cc2cc(C(=O)O)no2)CC1. The van der Waals surface area contributed by atoms with Crippen molar-refractivity contribution in [3.63, 3.8) is 0 Å². The molecular weight excluding hydrogens is 238 g/mol. The fourth-order valence-electron chi connectivity index (χ4n) is 2.08. The molecule has 1 saturated heterocycles. The van der Waals surface area contributed by atoms with Crippen LogP contribution in [-0.2, 0) is 11.3 Å². The van der Waals surface area contributed by atoms with E-state index >= 15 is 0 Å². The summed E-state index contributed by atoms with van der Waals surface area (Å²) in [5.74, 6) is -0.879. The van der Waals surface area contributed by atoms with Crippen LogP contribution in [0.25, 0.3) is 0 Å². The van der Waals surface area contributed by atoms with E-state index in [4.69, 9.17) is 15.4 Å². The fourth-order valence-corrected chi connectivity index (χ4v) is 2.08. The first-order valence-corrected chi connectivity index (χ1v) is 5.77. The van der Waals surface area contributed by atoms with Gasteiger partial charge in [-0.1, -0.05) is 5.16 Å². The highest BCUT2D eigenvalue weighted by molar-refractivity contribution is 5.85. The lowest BCUT2D eigenvalue weighted by molar-refractivity contribution is -0.123. The van der Waals surface area contributed by atoms with Crippen molar-refractivity contribution in [3.8, 4) is 0 Å². The van der Waals surface area contributed by atoms with Crippen molar-refractivity contribution in [2.75, 3.05) is 13.1 Å². The molecule has 1 aromatic rings. The van der Waals surface area contributed by atoms with Crippen LogP contribution in [0.5, 0.6) is 0 Å². The first-order valence-electron chi connectivity index (χ1n) is 5.77. The lowest BCUT2D eigenvalue weighted by atomic mass is 9.96. The Bertz CT molecular complexity index is 449. The average Bonchev–Trinajstić information content (AvgIpc) is 2.78. The molecule has 0 unspecified atom stereocenters. The maximum absolute atomic E-state index is 11.0. The van der Waals surface area contributed by atoms with Gasteiger partial charge in [-0.15, -0.1) is 0 Å². The van der Waals surface area contributed by atoms with E-state index in [1.807, 2.05) is 0 Å². The summed E-state index contributed by atoms with van der Waals surface area (Å²) in [6.07, 6.45) is 1.46. The number of aromatic carboxylic acids is 1. The summed E-state index contributed by atoms with van der Waals surface area (Å²) in [6.45, 7) is 2.00. The van der Waals surface area contributed by atoms with Crippen LogP contribution in [0.15, 0.2) is 10.6 Å². The van der Waals surface area contributed by atoms with Gasteiger partial charge in [0.15, 0.2) is 11.5 Å². The number of piperidine rings is 1. The van der Waals surface area contributed by atoms with E-state index in [9.17, 15) is 9.59 Å². The van der Waals surface area contributed by atoms with Gasteiger partial charge >= 0.3 is 5.97 Å². The number of nitrogens with zero attached hydrogens (tertiary/aromatic N) is 2. The second-order valence-electron chi connectivity index (χ2n) is 4.44. The van der Waals surface area contributed by atoms with E-state index in [0.29, 0.717) is 12.3 Å². The highest BCUT2D eigenvalue weighted by Crippen LogP contribution is 2.18. The smallest absolute Gasteiger partial charge is 0.358 e. The Morgan fingerprint density at radius 2 is 2.17 bits per heavy atom. The molecule has 3 N–H and O–H groups in total. The highest BCUT2D eigenvalue weighted by Gasteiger charge is 2.24. The van der Waals surface area contributed by atoms with Crippen molar-refractivity contribution in [2.24, 2.45) is 11.7 Å². The topological polar surface area (TPSA) is 110 Å². The Morgan fingerprint density at radius 1 is 1.50 bits per heavy atom. The predicted octanol–water partition coefficient (Wildman–Crippen LogP) is 0.0701. The third kappa shape index (κ3) is 2.86. The number of rotatable bonds is 4. The first-order chi connectivity index (χ1) is 8.56. The average molecular weight is 253 g/mol. The molecule has 1 aromatic heterocycles. The van der Waals surface area contributed by atoms with Crippen molar-refractivity contribution < 1.29 is 19.2 Å². The number of amides is 1. The summed E-state index contributed by atoms with van der Waals surface area (Å²) in [7, 11) is 0. The van der Waals surface area contributed by atoms with Gasteiger partial charge < -0.3 is 15.4 Å². The minimum atomic E-state index is -1.10. The van der Waals surface area contributed by atoms with E-state index in [1.54, 1.807) is 0 Å². The van der Waals surface area contributed by atoms with Gasteiger partial charge in [0.2, 0.25) is 5.91 Å². The first kappa shape index (κ1) is 12.6. The second kappa shape index (κ2) is 5.18. The molecule has 0 atom stereocenters. The van der Waals surface area contributed by atoms with Gasteiger partial charge in [-0.05, 0) is 25.9 Å². The monoisotopic (exact) mass is 253 g/mol. The Hall–Kier alpha value is -1.89. The minimum absolute atomic E-state index is 0.0504. The van der Waals surface area contributed by atoms with Gasteiger partial charge in [-0.3, -0.25) is 9.69 Å². The van der Waals surface area contributed by atoms with E-state index in [1.165, 1.54) is 6.07 Å². The Balaban J connectivity index is 1.87. The molecule has 0 saturated carbocycles. The van der Waals surface area contributed by atoms with Gasteiger partial charge in [0, 0.05) is 12.0 Å². The standard InChI is InChI=1S/C11H15N3O4/c12-10(15)7-1-3-14(4-2-7)6-8-5-9(11(16)17)13-18-8/h5,7H,1-4,6H2,(H2,12,15)(H,16,17). The van der Waals surface area contributed by atoms with E-state index in [0.717, 1.165) is 25.9 Å². The molecule has 0 spiro atoms. The summed E-state index contributed by atoms with van der Waals surface area (Å²) in [6, 6.07) is 1.42. The van der Waals surface area contributed by atoms with Gasteiger partial charge in [-0.25, -0.2) is 4.79 Å². The molecular formula is C11H15N3O4. The van der Waals surface area contributed by atoms with Crippen molar-refractivity contribution in [1.29, 1.82) is 0 Å². The van der Waals surface area contributed by atoms with Crippen LogP contribution < -0.4 is 5.73 Å². The molecule has 0 bridgehead atoms. The third-order valence-corrected chi connectivity index (χ3v) is 3.15. The zero-order chi connectivity index (χ0) is 13.1. The molecule has 7 heteroatoms. The number of aromatic nitrogens is 1. The van der Waals surface area contributed by atoms with Gasteiger partial charge in [0.25, 0.3) is 0 Å². The van der Waals surface area contributed by atoms with Crippen molar-refractivity contribution in [1.82, 2.24) is 10.1 Å². The number of carboxylic acids is 1. The minimum Gasteiger partial charge on any atom is -0.476 e. The van der Waals surface area contributed by atoms with Crippen molar-refractivity contribution in [2.45, 2.75) is 19.4 Å². The number of carbonyl (C=O) groups is 2. The summed E-state index contributed by atoms with van der Waals surface area (Å²) in [4.78, 5) is 23.7. The maximum Gasteiger partial charge on any atom is 0.358 e. The molecule has 1 aliphatic heterocycles. The number of hydrogen-bond acceptors (Lipinski definition) is 5. The van der Waals surface area contributed by atoms with Gasteiger partial charge in [0.05, 0.1) is 6.54 Å². The molecule has 1 fully saturated rings. The Kier molecular flexibility index (Phi) is 3.61.